The average molecular weight is 240 g/mol. The average Bonchev–Trinajstić information content (AvgIpc) is 2.40. The molecule has 0 bridgehead atoms. The molecule has 1 aromatic carbocycles. The zero-order chi connectivity index (χ0) is 13.0. The summed E-state index contributed by atoms with van der Waals surface area (Å²) in [5.74, 6) is 0. The molecule has 0 radical (unpaired) electrons. The van der Waals surface area contributed by atoms with Crippen molar-refractivity contribution >= 4 is 0 Å². The van der Waals surface area contributed by atoms with Crippen molar-refractivity contribution < 1.29 is 0 Å². The van der Waals surface area contributed by atoms with Gasteiger partial charge in [-0.2, -0.15) is 0 Å². The molecule has 1 unspecified atom stereocenters. The minimum atomic E-state index is 0.0421. The molecule has 18 heavy (non-hydrogen) atoms. The molecule has 0 saturated heterocycles. The van der Waals surface area contributed by atoms with E-state index in [9.17, 15) is 0 Å². The second-order valence-corrected chi connectivity index (χ2v) is 4.71. The molecule has 0 saturated carbocycles. The quantitative estimate of drug-likeness (QED) is 0.891. The summed E-state index contributed by atoms with van der Waals surface area (Å²) in [6.07, 6.45) is 5.63. The van der Waals surface area contributed by atoms with Gasteiger partial charge in [0.25, 0.3) is 0 Å². The van der Waals surface area contributed by atoms with Gasteiger partial charge in [0.2, 0.25) is 0 Å². The Morgan fingerprint density at radius 1 is 1.11 bits per heavy atom. The maximum absolute atomic E-state index is 6.27. The molecule has 1 heterocycles. The summed E-state index contributed by atoms with van der Waals surface area (Å²) in [4.78, 5) is 4.10. The van der Waals surface area contributed by atoms with Crippen LogP contribution in [0, 0.1) is 6.92 Å². The van der Waals surface area contributed by atoms with E-state index in [1.807, 2.05) is 18.5 Å². The van der Waals surface area contributed by atoms with Crippen LogP contribution in [-0.2, 0) is 12.8 Å². The standard InChI is InChI=1S/C16H20N2/c1-3-13-4-6-14(7-5-13)10-16(17)15-8-9-18-11-12(15)2/h4-9,11,16H,3,10,17H2,1-2H3. The first kappa shape index (κ1) is 12.8. The van der Waals surface area contributed by atoms with Crippen LogP contribution in [-0.4, -0.2) is 4.98 Å². The number of pyridine rings is 1. The lowest BCUT2D eigenvalue weighted by molar-refractivity contribution is 0.714. The lowest BCUT2D eigenvalue weighted by Crippen LogP contribution is -2.14. The van der Waals surface area contributed by atoms with Crippen LogP contribution in [0.5, 0.6) is 0 Å². The molecule has 0 aliphatic heterocycles. The van der Waals surface area contributed by atoms with E-state index in [2.05, 4.69) is 43.1 Å². The molecule has 0 aliphatic carbocycles. The van der Waals surface area contributed by atoms with E-state index >= 15 is 0 Å². The summed E-state index contributed by atoms with van der Waals surface area (Å²) in [5.41, 5.74) is 11.3. The molecule has 2 nitrogen and oxygen atoms in total. The normalized spacial score (nSPS) is 12.4. The maximum atomic E-state index is 6.27. The van der Waals surface area contributed by atoms with E-state index in [1.54, 1.807) is 0 Å². The fourth-order valence-electron chi connectivity index (χ4n) is 2.18. The first-order chi connectivity index (χ1) is 8.70. The van der Waals surface area contributed by atoms with Gasteiger partial charge in [0, 0.05) is 18.4 Å². The van der Waals surface area contributed by atoms with Crippen molar-refractivity contribution in [2.45, 2.75) is 32.7 Å². The Morgan fingerprint density at radius 3 is 2.39 bits per heavy atom. The summed E-state index contributed by atoms with van der Waals surface area (Å²) in [6, 6.07) is 10.8. The van der Waals surface area contributed by atoms with Gasteiger partial charge in [-0.25, -0.2) is 0 Å². The fraction of sp³-hybridized carbons (Fsp3) is 0.312. The fourth-order valence-corrected chi connectivity index (χ4v) is 2.18. The summed E-state index contributed by atoms with van der Waals surface area (Å²) in [6.45, 7) is 4.23. The topological polar surface area (TPSA) is 38.9 Å². The van der Waals surface area contributed by atoms with Crippen molar-refractivity contribution in [3.05, 3.63) is 65.0 Å². The van der Waals surface area contributed by atoms with Gasteiger partial charge in [-0.3, -0.25) is 4.98 Å². The Kier molecular flexibility index (Phi) is 4.11. The number of hydrogen-bond acceptors (Lipinski definition) is 2. The van der Waals surface area contributed by atoms with Crippen LogP contribution in [0.4, 0.5) is 0 Å². The largest absolute Gasteiger partial charge is 0.324 e. The zero-order valence-corrected chi connectivity index (χ0v) is 11.1. The molecular formula is C16H20N2. The third-order valence-corrected chi connectivity index (χ3v) is 3.35. The predicted octanol–water partition coefficient (Wildman–Crippen LogP) is 3.19. The van der Waals surface area contributed by atoms with Gasteiger partial charge in [0.1, 0.15) is 0 Å². The van der Waals surface area contributed by atoms with Gasteiger partial charge in [0.05, 0.1) is 0 Å². The molecule has 0 aliphatic rings. The molecule has 2 aromatic rings. The van der Waals surface area contributed by atoms with E-state index in [-0.39, 0.29) is 6.04 Å². The Morgan fingerprint density at radius 2 is 1.78 bits per heavy atom. The van der Waals surface area contributed by atoms with Crippen LogP contribution in [0.1, 0.15) is 35.2 Å². The number of benzene rings is 1. The number of hydrogen-bond donors (Lipinski definition) is 1. The molecule has 2 heteroatoms. The first-order valence-corrected chi connectivity index (χ1v) is 6.44. The Labute approximate surface area is 109 Å². The second-order valence-electron chi connectivity index (χ2n) is 4.71. The van der Waals surface area contributed by atoms with E-state index in [1.165, 1.54) is 16.7 Å². The number of nitrogens with zero attached hydrogens (tertiary/aromatic N) is 1. The molecule has 0 fully saturated rings. The van der Waals surface area contributed by atoms with Gasteiger partial charge in [-0.15, -0.1) is 0 Å². The highest BCUT2D eigenvalue weighted by molar-refractivity contribution is 5.29. The second kappa shape index (κ2) is 5.78. The molecule has 2 rings (SSSR count). The minimum Gasteiger partial charge on any atom is -0.324 e. The highest BCUT2D eigenvalue weighted by atomic mass is 14.7. The van der Waals surface area contributed by atoms with Crippen molar-refractivity contribution in [3.8, 4) is 0 Å². The van der Waals surface area contributed by atoms with Crippen molar-refractivity contribution in [3.63, 3.8) is 0 Å². The molecule has 94 valence electrons. The number of nitrogens with two attached hydrogens (primary N) is 1. The van der Waals surface area contributed by atoms with Crippen LogP contribution < -0.4 is 5.73 Å². The van der Waals surface area contributed by atoms with E-state index in [4.69, 9.17) is 5.73 Å². The van der Waals surface area contributed by atoms with Crippen molar-refractivity contribution in [2.24, 2.45) is 5.73 Å². The maximum Gasteiger partial charge on any atom is 0.0339 e. The SMILES string of the molecule is CCc1ccc(CC(N)c2ccncc2C)cc1. The van der Waals surface area contributed by atoms with Gasteiger partial charge >= 0.3 is 0 Å². The number of rotatable bonds is 4. The van der Waals surface area contributed by atoms with Crippen molar-refractivity contribution in [1.82, 2.24) is 4.98 Å². The molecule has 2 N–H and O–H groups in total. The van der Waals surface area contributed by atoms with Crippen LogP contribution in [0.15, 0.2) is 42.7 Å². The third-order valence-electron chi connectivity index (χ3n) is 3.35. The molecule has 1 atom stereocenters. The Bertz CT molecular complexity index is 503. The molecule has 1 aromatic heterocycles. The Balaban J connectivity index is 2.11. The lowest BCUT2D eigenvalue weighted by Gasteiger charge is -2.14. The highest BCUT2D eigenvalue weighted by Crippen LogP contribution is 2.19. The molecule has 0 spiro atoms. The van der Waals surface area contributed by atoms with Gasteiger partial charge in [0.15, 0.2) is 0 Å². The summed E-state index contributed by atoms with van der Waals surface area (Å²) in [5, 5.41) is 0. The van der Waals surface area contributed by atoms with Gasteiger partial charge < -0.3 is 5.73 Å². The summed E-state index contributed by atoms with van der Waals surface area (Å²) in [7, 11) is 0. The van der Waals surface area contributed by atoms with Crippen LogP contribution in [0.3, 0.4) is 0 Å². The minimum absolute atomic E-state index is 0.0421. The van der Waals surface area contributed by atoms with Crippen LogP contribution in [0.2, 0.25) is 0 Å². The number of aryl methyl sites for hydroxylation is 2. The van der Waals surface area contributed by atoms with E-state index in [0.717, 1.165) is 18.4 Å². The van der Waals surface area contributed by atoms with Crippen molar-refractivity contribution in [2.75, 3.05) is 0 Å². The van der Waals surface area contributed by atoms with Crippen LogP contribution in [0.25, 0.3) is 0 Å². The van der Waals surface area contributed by atoms with Crippen LogP contribution >= 0.6 is 0 Å². The number of aromatic nitrogens is 1. The third kappa shape index (κ3) is 2.96. The zero-order valence-electron chi connectivity index (χ0n) is 11.1. The summed E-state index contributed by atoms with van der Waals surface area (Å²) >= 11 is 0. The molecular weight excluding hydrogens is 220 g/mol. The Hall–Kier alpha value is -1.67. The predicted molar refractivity (Wildman–Crippen MR) is 75.4 cm³/mol. The van der Waals surface area contributed by atoms with E-state index in [0.29, 0.717) is 0 Å². The summed E-state index contributed by atoms with van der Waals surface area (Å²) < 4.78 is 0. The lowest BCUT2D eigenvalue weighted by atomic mass is 9.97. The molecule has 0 amide bonds. The van der Waals surface area contributed by atoms with Crippen molar-refractivity contribution in [1.29, 1.82) is 0 Å². The van der Waals surface area contributed by atoms with Gasteiger partial charge in [-0.1, -0.05) is 31.2 Å². The van der Waals surface area contributed by atoms with E-state index < -0.39 is 0 Å². The van der Waals surface area contributed by atoms with Gasteiger partial charge in [-0.05, 0) is 48.1 Å². The first-order valence-electron chi connectivity index (χ1n) is 6.44. The highest BCUT2D eigenvalue weighted by Gasteiger charge is 2.09. The monoisotopic (exact) mass is 240 g/mol. The smallest absolute Gasteiger partial charge is 0.0339 e.